The Kier molecular flexibility index (Phi) is 4.08. The fourth-order valence-electron chi connectivity index (χ4n) is 2.26. The van der Waals surface area contributed by atoms with E-state index in [-0.39, 0.29) is 12.5 Å². The van der Waals surface area contributed by atoms with Crippen molar-refractivity contribution in [3.63, 3.8) is 0 Å². The highest BCUT2D eigenvalue weighted by Gasteiger charge is 2.20. The van der Waals surface area contributed by atoms with Crippen LogP contribution < -0.4 is 20.7 Å². The molecule has 7 heteroatoms. The molecule has 0 saturated heterocycles. The average molecular weight is 332 g/mol. The Morgan fingerprint density at radius 2 is 1.96 bits per heavy atom. The number of benzene rings is 2. The number of carbonyl (C=O) groups is 2. The van der Waals surface area contributed by atoms with E-state index in [0.717, 1.165) is 5.56 Å². The zero-order valence-corrected chi connectivity index (χ0v) is 13.0. The van der Waals surface area contributed by atoms with Crippen LogP contribution in [0.5, 0.6) is 5.75 Å². The lowest BCUT2D eigenvalue weighted by molar-refractivity contribution is -0.118. The number of aryl methyl sites for hydroxylation is 1. The fraction of sp³-hybridized carbons (Fsp3) is 0.125. The van der Waals surface area contributed by atoms with Crippen molar-refractivity contribution < 1.29 is 14.3 Å². The van der Waals surface area contributed by atoms with E-state index in [0.29, 0.717) is 27.8 Å². The molecule has 0 saturated carbocycles. The summed E-state index contributed by atoms with van der Waals surface area (Å²) in [6.45, 7) is 1.78. The summed E-state index contributed by atoms with van der Waals surface area (Å²) in [5.74, 6) is 0.223. The molecule has 0 spiro atoms. The zero-order chi connectivity index (χ0) is 16.4. The van der Waals surface area contributed by atoms with Crippen LogP contribution in [0.15, 0.2) is 36.4 Å². The summed E-state index contributed by atoms with van der Waals surface area (Å²) in [7, 11) is 0. The van der Waals surface area contributed by atoms with Gasteiger partial charge in [0.2, 0.25) is 0 Å². The molecule has 0 unspecified atom stereocenters. The Morgan fingerprint density at radius 3 is 2.70 bits per heavy atom. The van der Waals surface area contributed by atoms with Crippen LogP contribution in [0.1, 0.15) is 5.56 Å². The molecule has 0 bridgehead atoms. The van der Waals surface area contributed by atoms with E-state index < -0.39 is 6.03 Å². The van der Waals surface area contributed by atoms with Crippen molar-refractivity contribution in [3.05, 3.63) is 47.0 Å². The standard InChI is InChI=1S/C16H14ClN3O3/c1-9-6-12-15(23-8-14(21)19-12)13(7-9)20-16(22)18-11-4-2-10(17)3-5-11/h2-7H,8H2,1H3,(H,19,21)(H2,18,20,22). The van der Waals surface area contributed by atoms with Gasteiger partial charge in [0.1, 0.15) is 0 Å². The molecule has 0 radical (unpaired) electrons. The molecular formula is C16H14ClN3O3. The number of hydrogen-bond donors (Lipinski definition) is 3. The Bertz CT molecular complexity index is 775. The minimum Gasteiger partial charge on any atom is -0.479 e. The SMILES string of the molecule is Cc1cc2c(c(NC(=O)Nc3ccc(Cl)cc3)c1)OCC(=O)N2. The maximum atomic E-state index is 12.1. The fourth-order valence-corrected chi connectivity index (χ4v) is 2.38. The second-order valence-electron chi connectivity index (χ2n) is 5.11. The van der Waals surface area contributed by atoms with Gasteiger partial charge in [0.15, 0.2) is 12.4 Å². The van der Waals surface area contributed by atoms with Crippen molar-refractivity contribution in [2.75, 3.05) is 22.6 Å². The van der Waals surface area contributed by atoms with Gasteiger partial charge in [-0.15, -0.1) is 0 Å². The Hall–Kier alpha value is -2.73. The number of rotatable bonds is 2. The van der Waals surface area contributed by atoms with Crippen LogP contribution in [0.3, 0.4) is 0 Å². The van der Waals surface area contributed by atoms with Gasteiger partial charge in [-0.05, 0) is 48.9 Å². The van der Waals surface area contributed by atoms with Crippen molar-refractivity contribution in [1.82, 2.24) is 0 Å². The topological polar surface area (TPSA) is 79.5 Å². The molecular weight excluding hydrogens is 318 g/mol. The number of amides is 3. The van der Waals surface area contributed by atoms with E-state index in [1.807, 2.05) is 6.92 Å². The third-order valence-corrected chi connectivity index (χ3v) is 3.46. The zero-order valence-electron chi connectivity index (χ0n) is 12.3. The first-order chi connectivity index (χ1) is 11.0. The van der Waals surface area contributed by atoms with E-state index in [2.05, 4.69) is 16.0 Å². The van der Waals surface area contributed by atoms with Crippen molar-refractivity contribution >= 4 is 40.6 Å². The summed E-state index contributed by atoms with van der Waals surface area (Å²) in [5, 5.41) is 8.74. The molecule has 1 aliphatic rings. The van der Waals surface area contributed by atoms with Crippen molar-refractivity contribution in [3.8, 4) is 5.75 Å². The summed E-state index contributed by atoms with van der Waals surface area (Å²) in [6.07, 6.45) is 0. The molecule has 2 aromatic carbocycles. The maximum absolute atomic E-state index is 12.1. The number of anilines is 3. The molecule has 3 N–H and O–H groups in total. The van der Waals surface area contributed by atoms with Gasteiger partial charge in [0, 0.05) is 10.7 Å². The third kappa shape index (κ3) is 3.54. The minimum atomic E-state index is -0.416. The smallest absolute Gasteiger partial charge is 0.323 e. The van der Waals surface area contributed by atoms with Gasteiger partial charge < -0.3 is 20.7 Å². The summed E-state index contributed by atoms with van der Waals surface area (Å²) >= 11 is 5.81. The lowest BCUT2D eigenvalue weighted by atomic mass is 10.1. The van der Waals surface area contributed by atoms with Gasteiger partial charge in [-0.3, -0.25) is 4.79 Å². The molecule has 3 amide bonds. The van der Waals surface area contributed by atoms with Crippen molar-refractivity contribution in [2.45, 2.75) is 6.92 Å². The molecule has 6 nitrogen and oxygen atoms in total. The van der Waals surface area contributed by atoms with Crippen LogP contribution in [-0.4, -0.2) is 18.5 Å². The second-order valence-corrected chi connectivity index (χ2v) is 5.55. The number of nitrogens with one attached hydrogen (secondary N) is 3. The Balaban J connectivity index is 1.78. The second kappa shape index (κ2) is 6.18. The molecule has 3 rings (SSSR count). The van der Waals surface area contributed by atoms with Crippen LogP contribution in [0.2, 0.25) is 5.02 Å². The Morgan fingerprint density at radius 1 is 1.22 bits per heavy atom. The van der Waals surface area contributed by atoms with Crippen molar-refractivity contribution in [1.29, 1.82) is 0 Å². The molecule has 2 aromatic rings. The lowest BCUT2D eigenvalue weighted by Gasteiger charge is -2.21. The molecule has 23 heavy (non-hydrogen) atoms. The van der Waals surface area contributed by atoms with Gasteiger partial charge in [-0.2, -0.15) is 0 Å². The summed E-state index contributed by atoms with van der Waals surface area (Å²) in [5.41, 5.74) is 2.54. The predicted molar refractivity (Wildman–Crippen MR) is 89.4 cm³/mol. The molecule has 0 aliphatic carbocycles. The van der Waals surface area contributed by atoms with E-state index >= 15 is 0 Å². The third-order valence-electron chi connectivity index (χ3n) is 3.21. The highest BCUT2D eigenvalue weighted by atomic mass is 35.5. The van der Waals surface area contributed by atoms with Gasteiger partial charge in [0.05, 0.1) is 11.4 Å². The first-order valence-corrected chi connectivity index (χ1v) is 7.30. The first-order valence-electron chi connectivity index (χ1n) is 6.92. The summed E-state index contributed by atoms with van der Waals surface area (Å²) in [4.78, 5) is 23.5. The lowest BCUT2D eigenvalue weighted by Crippen LogP contribution is -2.27. The Labute approximate surface area is 137 Å². The quantitative estimate of drug-likeness (QED) is 0.786. The average Bonchev–Trinajstić information content (AvgIpc) is 2.49. The first kappa shape index (κ1) is 15.2. The highest BCUT2D eigenvalue weighted by molar-refractivity contribution is 6.30. The minimum absolute atomic E-state index is 0.0798. The van der Waals surface area contributed by atoms with Crippen LogP contribution in [0.25, 0.3) is 0 Å². The molecule has 1 aliphatic heterocycles. The summed E-state index contributed by atoms with van der Waals surface area (Å²) in [6, 6.07) is 9.91. The molecule has 0 atom stereocenters. The van der Waals surface area contributed by atoms with E-state index in [1.54, 1.807) is 36.4 Å². The van der Waals surface area contributed by atoms with E-state index in [1.165, 1.54) is 0 Å². The number of hydrogen-bond acceptors (Lipinski definition) is 3. The van der Waals surface area contributed by atoms with Gasteiger partial charge in [-0.1, -0.05) is 11.6 Å². The highest BCUT2D eigenvalue weighted by Crippen LogP contribution is 2.37. The maximum Gasteiger partial charge on any atom is 0.323 e. The summed E-state index contributed by atoms with van der Waals surface area (Å²) < 4.78 is 5.42. The van der Waals surface area contributed by atoms with Crippen LogP contribution >= 0.6 is 11.6 Å². The number of halogens is 1. The van der Waals surface area contributed by atoms with Gasteiger partial charge in [0.25, 0.3) is 5.91 Å². The van der Waals surface area contributed by atoms with Crippen LogP contribution in [-0.2, 0) is 4.79 Å². The normalized spacial score (nSPS) is 12.7. The monoisotopic (exact) mass is 331 g/mol. The van der Waals surface area contributed by atoms with Gasteiger partial charge >= 0.3 is 6.03 Å². The molecule has 0 fully saturated rings. The largest absolute Gasteiger partial charge is 0.479 e. The van der Waals surface area contributed by atoms with Gasteiger partial charge in [-0.25, -0.2) is 4.79 Å². The number of fused-ring (bicyclic) bond motifs is 1. The van der Waals surface area contributed by atoms with Crippen LogP contribution in [0, 0.1) is 6.92 Å². The number of ether oxygens (including phenoxy) is 1. The van der Waals surface area contributed by atoms with E-state index in [4.69, 9.17) is 16.3 Å². The molecule has 118 valence electrons. The number of carbonyl (C=O) groups excluding carboxylic acids is 2. The number of urea groups is 1. The predicted octanol–water partition coefficient (Wildman–Crippen LogP) is 3.62. The van der Waals surface area contributed by atoms with E-state index in [9.17, 15) is 9.59 Å². The molecule has 0 aromatic heterocycles. The van der Waals surface area contributed by atoms with Crippen molar-refractivity contribution in [2.24, 2.45) is 0 Å². The molecule has 1 heterocycles. The van der Waals surface area contributed by atoms with Crippen LogP contribution in [0.4, 0.5) is 21.9 Å².